The second-order valence-corrected chi connectivity index (χ2v) is 20.4. The van der Waals surface area contributed by atoms with Crippen LogP contribution < -0.4 is 23.8 Å². The minimum Gasteiger partial charge on any atom is -0.497 e. The van der Waals surface area contributed by atoms with Crippen molar-refractivity contribution in [3.8, 4) is 23.0 Å². The van der Waals surface area contributed by atoms with E-state index >= 15 is 0 Å². The lowest BCUT2D eigenvalue weighted by molar-refractivity contribution is -0.145. The summed E-state index contributed by atoms with van der Waals surface area (Å²) in [5.74, 6) is 0.668. The molecule has 0 N–H and O–H groups in total. The summed E-state index contributed by atoms with van der Waals surface area (Å²) in [6.45, 7) is 4.67. The van der Waals surface area contributed by atoms with E-state index in [9.17, 15) is 45.5 Å². The van der Waals surface area contributed by atoms with Crippen molar-refractivity contribution in [2.45, 2.75) is 49.5 Å². The molecule has 8 rings (SSSR count). The standard InChI is InChI=1S/C24H23Cl2F3N4O2.C15H14ClF3N2O3.C10H11BrO3.C10H12O3/c1-15-20(26)22(24(27,28)29)30-33(15)21(16-4-3-5-19(14-16)35-2)23(34)32-12-10-31(11-13-32)18-8-6-17(25)7-9-18;1-8-11(16)13(15(17,18)19)20-21(8)12(14(22)24-3)9-5-4-6-10(7-9)23-2;1-13-8-5-3-4-7(6-8)9(11)10(12)14-2;1-12-9-5-3-4-8(6-9)7-10(11)13-2/h3-9,14,21H,10-13H2,1-2H3;4-7,12H,1-3H3;3-6,9H,1-2H3;3-6H,7H2,1-2H3. The zero-order valence-corrected chi connectivity index (χ0v) is 51.6. The normalized spacial score (nSPS) is 13.2. The van der Waals surface area contributed by atoms with Gasteiger partial charge >= 0.3 is 30.3 Å². The van der Waals surface area contributed by atoms with Crippen LogP contribution in [0.2, 0.25) is 15.1 Å². The number of anilines is 1. The Bertz CT molecular complexity index is 3420. The van der Waals surface area contributed by atoms with E-state index in [1.807, 2.05) is 54.6 Å². The van der Waals surface area contributed by atoms with Gasteiger partial charge in [0.05, 0.1) is 77.6 Å². The highest BCUT2D eigenvalue weighted by Crippen LogP contribution is 2.40. The second kappa shape index (κ2) is 31.6. The maximum absolute atomic E-state index is 13.8. The number of halogens is 10. The van der Waals surface area contributed by atoms with Gasteiger partial charge in [-0.25, -0.2) is 9.48 Å². The Labute approximate surface area is 515 Å². The molecular weight excluding hydrogens is 1270 g/mol. The molecule has 0 radical (unpaired) electrons. The van der Waals surface area contributed by atoms with Crippen molar-refractivity contribution in [3.05, 3.63) is 181 Å². The number of aromatic nitrogens is 4. The number of hydrogen-bond acceptors (Lipinski definition) is 14. The van der Waals surface area contributed by atoms with Gasteiger partial charge in [-0.05, 0) is 109 Å². The van der Waals surface area contributed by atoms with Gasteiger partial charge in [0.2, 0.25) is 0 Å². The Balaban J connectivity index is 0.000000228. The van der Waals surface area contributed by atoms with Crippen molar-refractivity contribution in [1.82, 2.24) is 24.5 Å². The quantitative estimate of drug-likeness (QED) is 0.0410. The average Bonchev–Trinajstić information content (AvgIpc) is 1.86. The molecule has 2 aromatic heterocycles. The number of benzene rings is 5. The predicted molar refractivity (Wildman–Crippen MR) is 314 cm³/mol. The fourth-order valence-corrected chi connectivity index (χ4v) is 9.49. The van der Waals surface area contributed by atoms with Gasteiger partial charge in [0.25, 0.3) is 5.91 Å². The molecule has 0 spiro atoms. The molecule has 27 heteroatoms. The van der Waals surface area contributed by atoms with Gasteiger partial charge in [-0.1, -0.05) is 99.3 Å². The number of rotatable bonds is 15. The van der Waals surface area contributed by atoms with Gasteiger partial charge in [-0.15, -0.1) is 0 Å². The summed E-state index contributed by atoms with van der Waals surface area (Å²) in [5, 5.41) is 6.80. The fourth-order valence-electron chi connectivity index (χ4n) is 8.43. The first-order chi connectivity index (χ1) is 40.7. The lowest BCUT2D eigenvalue weighted by Crippen LogP contribution is -2.51. The van der Waals surface area contributed by atoms with E-state index in [1.165, 1.54) is 48.4 Å². The first-order valence-corrected chi connectivity index (χ1v) is 27.6. The van der Waals surface area contributed by atoms with Gasteiger partial charge in [0, 0.05) is 36.9 Å². The van der Waals surface area contributed by atoms with Gasteiger partial charge in [0.15, 0.2) is 23.5 Å². The van der Waals surface area contributed by atoms with Crippen molar-refractivity contribution in [2.75, 3.05) is 80.8 Å². The van der Waals surface area contributed by atoms with Crippen LogP contribution in [0.5, 0.6) is 23.0 Å². The van der Waals surface area contributed by atoms with Crippen LogP contribution in [-0.4, -0.2) is 124 Å². The molecule has 1 aliphatic heterocycles. The highest BCUT2D eigenvalue weighted by atomic mass is 79.9. The molecule has 5 aromatic carbocycles. The van der Waals surface area contributed by atoms with Gasteiger partial charge in [-0.2, -0.15) is 36.5 Å². The third-order valence-electron chi connectivity index (χ3n) is 12.9. The van der Waals surface area contributed by atoms with Crippen molar-refractivity contribution < 1.29 is 78.7 Å². The molecule has 86 heavy (non-hydrogen) atoms. The van der Waals surface area contributed by atoms with Crippen LogP contribution in [0.3, 0.4) is 0 Å². The highest BCUT2D eigenvalue weighted by Gasteiger charge is 2.42. The molecule has 1 fully saturated rings. The fraction of sp³-hybridized carbons (Fsp3) is 0.322. The molecule has 0 saturated carbocycles. The predicted octanol–water partition coefficient (Wildman–Crippen LogP) is 12.8. The molecule has 1 amide bonds. The number of carbonyl (C=O) groups excluding carboxylic acids is 4. The SMILES string of the molecule is COC(=O)C(Br)c1cccc(OC)c1.COC(=O)C(c1cccc(OC)c1)n1nc(C(F)(F)F)c(Cl)c1C.COC(=O)Cc1cccc(OC)c1.COc1cccc(C(C(=O)N2CCN(c3ccc(Cl)cc3)CC2)n2nc(C(F)(F)F)c(Cl)c2C)c1. The second-order valence-electron chi connectivity index (χ2n) is 18.3. The van der Waals surface area contributed by atoms with Crippen molar-refractivity contribution >= 4 is 80.2 Å². The Morgan fingerprint density at radius 1 is 0.535 bits per heavy atom. The summed E-state index contributed by atoms with van der Waals surface area (Å²) >= 11 is 21.0. The molecule has 3 unspecified atom stereocenters. The van der Waals surface area contributed by atoms with E-state index < -0.39 is 56.7 Å². The molecule has 7 aromatic rings. The van der Waals surface area contributed by atoms with Crippen LogP contribution in [0, 0.1) is 13.8 Å². The van der Waals surface area contributed by atoms with Crippen molar-refractivity contribution in [3.63, 3.8) is 0 Å². The van der Waals surface area contributed by atoms with Crippen LogP contribution in [0.15, 0.2) is 121 Å². The number of nitrogens with zero attached hydrogens (tertiary/aromatic N) is 6. The number of carbonyl (C=O) groups is 4. The van der Waals surface area contributed by atoms with Crippen LogP contribution in [0.1, 0.15) is 61.9 Å². The number of alkyl halides is 7. The van der Waals surface area contributed by atoms with Crippen LogP contribution >= 0.6 is 50.7 Å². The van der Waals surface area contributed by atoms with E-state index in [2.05, 4.69) is 40.5 Å². The number of amides is 1. The Hall–Kier alpha value is -7.67. The third kappa shape index (κ3) is 18.2. The lowest BCUT2D eigenvalue weighted by atomic mass is 10.0. The number of methoxy groups -OCH3 is 7. The summed E-state index contributed by atoms with van der Waals surface area (Å²) in [6, 6.07) is 32.7. The third-order valence-corrected chi connectivity index (χ3v) is 15.0. The largest absolute Gasteiger partial charge is 0.497 e. The van der Waals surface area contributed by atoms with E-state index in [0.29, 0.717) is 53.8 Å². The number of esters is 3. The first-order valence-electron chi connectivity index (χ1n) is 25.6. The number of ether oxygens (including phenoxy) is 7. The van der Waals surface area contributed by atoms with Crippen molar-refractivity contribution in [2.24, 2.45) is 0 Å². The van der Waals surface area contributed by atoms with Crippen LogP contribution in [-0.2, 0) is 52.2 Å². The molecule has 3 atom stereocenters. The van der Waals surface area contributed by atoms with Gasteiger partial charge in [0.1, 0.15) is 27.8 Å². The van der Waals surface area contributed by atoms with E-state index in [1.54, 1.807) is 79.8 Å². The Morgan fingerprint density at radius 2 is 0.942 bits per heavy atom. The molecule has 3 heterocycles. The average molecular weight is 1330 g/mol. The minimum absolute atomic E-state index is 0.00205. The summed E-state index contributed by atoms with van der Waals surface area (Å²) in [6.07, 6.45) is -9.20. The molecule has 0 aliphatic carbocycles. The monoisotopic (exact) mass is 1330 g/mol. The van der Waals surface area contributed by atoms with E-state index in [4.69, 9.17) is 58.5 Å². The highest BCUT2D eigenvalue weighted by molar-refractivity contribution is 9.09. The van der Waals surface area contributed by atoms with Crippen LogP contribution in [0.25, 0.3) is 0 Å². The molecule has 0 bridgehead atoms. The molecule has 462 valence electrons. The Morgan fingerprint density at radius 3 is 1.36 bits per heavy atom. The van der Waals surface area contributed by atoms with Gasteiger partial charge < -0.3 is 43.0 Å². The Kier molecular flexibility index (Phi) is 25.4. The van der Waals surface area contributed by atoms with Crippen molar-refractivity contribution in [1.29, 1.82) is 0 Å². The molecule has 1 saturated heterocycles. The minimum atomic E-state index is -4.75. The van der Waals surface area contributed by atoms with E-state index in [-0.39, 0.29) is 35.7 Å². The summed E-state index contributed by atoms with van der Waals surface area (Å²) < 4.78 is 116. The number of hydrogen-bond donors (Lipinski definition) is 0. The lowest BCUT2D eigenvalue weighted by Gasteiger charge is -2.37. The molecule has 1 aliphatic rings. The number of piperazine rings is 1. The summed E-state index contributed by atoms with van der Waals surface area (Å²) in [4.78, 5) is 51.4. The summed E-state index contributed by atoms with van der Waals surface area (Å²) in [7, 11) is 9.96. The summed E-state index contributed by atoms with van der Waals surface area (Å²) in [5.41, 5.74) is 1.09. The maximum Gasteiger partial charge on any atom is 0.436 e. The first kappa shape index (κ1) is 69.1. The molecule has 17 nitrogen and oxygen atoms in total. The van der Waals surface area contributed by atoms with E-state index in [0.717, 1.165) is 44.8 Å². The van der Waals surface area contributed by atoms with Gasteiger partial charge in [-0.3, -0.25) is 19.1 Å². The smallest absolute Gasteiger partial charge is 0.436 e. The maximum atomic E-state index is 13.8. The van der Waals surface area contributed by atoms with Crippen LogP contribution in [0.4, 0.5) is 32.0 Å². The zero-order valence-electron chi connectivity index (χ0n) is 47.8. The molecular formula is C59H60BrCl3F6N6O11. The zero-order chi connectivity index (χ0) is 63.6. The topological polar surface area (TPSA) is 175 Å².